The summed E-state index contributed by atoms with van der Waals surface area (Å²) in [6.07, 6.45) is 5.46. The summed E-state index contributed by atoms with van der Waals surface area (Å²) in [5, 5.41) is 8.90. The van der Waals surface area contributed by atoms with Gasteiger partial charge < -0.3 is 4.90 Å². The average Bonchev–Trinajstić information content (AvgIpc) is 3.03. The van der Waals surface area contributed by atoms with Crippen molar-refractivity contribution in [2.75, 3.05) is 13.1 Å². The van der Waals surface area contributed by atoms with Crippen LogP contribution in [0.2, 0.25) is 0 Å². The third kappa shape index (κ3) is 3.48. The fraction of sp³-hybridized carbons (Fsp3) is 0.435. The maximum Gasteiger partial charge on any atom is 0.0991 e. The molecule has 4 rings (SSSR count). The standard InChI is InChI=1S/C23H26N2/c1-17-3-2-12-25(17)16-19-13-23(14-19)22-10-8-21(9-11-22)20-6-4-18(15-24)5-7-20/h4-11,17,19,23H,2-3,12-14,16H2,1H3. The first-order chi connectivity index (χ1) is 12.2. The van der Waals surface area contributed by atoms with Gasteiger partial charge in [0.25, 0.3) is 0 Å². The smallest absolute Gasteiger partial charge is 0.0991 e. The molecule has 0 radical (unpaired) electrons. The predicted molar refractivity (Wildman–Crippen MR) is 102 cm³/mol. The third-order valence-electron chi connectivity index (χ3n) is 6.15. The summed E-state index contributed by atoms with van der Waals surface area (Å²) in [6, 6.07) is 19.9. The zero-order valence-electron chi connectivity index (χ0n) is 15.0. The van der Waals surface area contributed by atoms with Crippen molar-refractivity contribution in [2.45, 2.75) is 44.6 Å². The van der Waals surface area contributed by atoms with Crippen molar-refractivity contribution < 1.29 is 0 Å². The monoisotopic (exact) mass is 330 g/mol. The molecule has 2 aromatic rings. The Bertz CT molecular complexity index is 748. The minimum Gasteiger partial charge on any atom is -0.300 e. The number of rotatable bonds is 4. The Morgan fingerprint density at radius 3 is 2.20 bits per heavy atom. The molecule has 2 heteroatoms. The first-order valence-electron chi connectivity index (χ1n) is 9.57. The Balaban J connectivity index is 1.34. The van der Waals surface area contributed by atoms with E-state index in [1.54, 1.807) is 0 Å². The second-order valence-corrected chi connectivity index (χ2v) is 7.83. The van der Waals surface area contributed by atoms with Crippen LogP contribution in [0.15, 0.2) is 48.5 Å². The van der Waals surface area contributed by atoms with Crippen molar-refractivity contribution >= 4 is 0 Å². The molecular formula is C23H26N2. The summed E-state index contributed by atoms with van der Waals surface area (Å²) in [5.41, 5.74) is 4.62. The van der Waals surface area contributed by atoms with E-state index in [9.17, 15) is 0 Å². The minimum absolute atomic E-state index is 0.716. The first kappa shape index (κ1) is 16.4. The van der Waals surface area contributed by atoms with Gasteiger partial charge in [-0.2, -0.15) is 5.26 Å². The first-order valence-corrected chi connectivity index (χ1v) is 9.57. The summed E-state index contributed by atoms with van der Waals surface area (Å²) in [7, 11) is 0. The summed E-state index contributed by atoms with van der Waals surface area (Å²) in [6.45, 7) is 4.99. The molecule has 0 N–H and O–H groups in total. The van der Waals surface area contributed by atoms with E-state index >= 15 is 0 Å². The lowest BCUT2D eigenvalue weighted by Gasteiger charge is -2.39. The van der Waals surface area contributed by atoms with Crippen molar-refractivity contribution in [2.24, 2.45) is 5.92 Å². The van der Waals surface area contributed by atoms with Gasteiger partial charge in [0.15, 0.2) is 0 Å². The highest BCUT2D eigenvalue weighted by Gasteiger charge is 2.33. The van der Waals surface area contributed by atoms with Gasteiger partial charge in [0, 0.05) is 12.6 Å². The van der Waals surface area contributed by atoms with Crippen LogP contribution < -0.4 is 0 Å². The SMILES string of the molecule is CC1CCCN1CC1CC(c2ccc(-c3ccc(C#N)cc3)cc2)C1. The van der Waals surface area contributed by atoms with Crippen LogP contribution in [0.3, 0.4) is 0 Å². The number of benzene rings is 2. The highest BCUT2D eigenvalue weighted by atomic mass is 15.2. The zero-order chi connectivity index (χ0) is 17.2. The molecular weight excluding hydrogens is 304 g/mol. The van der Waals surface area contributed by atoms with Crippen LogP contribution in [0, 0.1) is 17.2 Å². The van der Waals surface area contributed by atoms with E-state index in [2.05, 4.69) is 42.2 Å². The number of nitriles is 1. The fourth-order valence-corrected chi connectivity index (χ4v) is 4.44. The quantitative estimate of drug-likeness (QED) is 0.770. The van der Waals surface area contributed by atoms with Gasteiger partial charge >= 0.3 is 0 Å². The average molecular weight is 330 g/mol. The number of hydrogen-bond acceptors (Lipinski definition) is 2. The molecule has 1 aliphatic carbocycles. The van der Waals surface area contributed by atoms with Crippen molar-refractivity contribution in [3.8, 4) is 17.2 Å². The van der Waals surface area contributed by atoms with Gasteiger partial charge in [0.2, 0.25) is 0 Å². The molecule has 0 aromatic heterocycles. The van der Waals surface area contributed by atoms with Gasteiger partial charge in [-0.15, -0.1) is 0 Å². The van der Waals surface area contributed by atoms with Crippen LogP contribution in [0.4, 0.5) is 0 Å². The molecule has 0 amide bonds. The molecule has 1 unspecified atom stereocenters. The van der Waals surface area contributed by atoms with Crippen molar-refractivity contribution in [3.63, 3.8) is 0 Å². The molecule has 25 heavy (non-hydrogen) atoms. The normalized spacial score (nSPS) is 26.2. The molecule has 2 aromatic carbocycles. The van der Waals surface area contributed by atoms with Crippen LogP contribution in [-0.2, 0) is 0 Å². The second-order valence-electron chi connectivity index (χ2n) is 7.83. The van der Waals surface area contributed by atoms with Gasteiger partial charge in [-0.25, -0.2) is 0 Å². The Morgan fingerprint density at radius 1 is 1.00 bits per heavy atom. The lowest BCUT2D eigenvalue weighted by Crippen LogP contribution is -2.37. The largest absolute Gasteiger partial charge is 0.300 e. The lowest BCUT2D eigenvalue weighted by molar-refractivity contribution is 0.154. The van der Waals surface area contributed by atoms with E-state index in [0.717, 1.165) is 17.9 Å². The van der Waals surface area contributed by atoms with E-state index in [1.807, 2.05) is 24.3 Å². The molecule has 2 fully saturated rings. The van der Waals surface area contributed by atoms with E-state index < -0.39 is 0 Å². The van der Waals surface area contributed by atoms with Crippen molar-refractivity contribution in [3.05, 3.63) is 59.7 Å². The molecule has 2 aliphatic rings. The Labute approximate surface area is 151 Å². The molecule has 1 aliphatic heterocycles. The van der Waals surface area contributed by atoms with Gasteiger partial charge in [0.1, 0.15) is 0 Å². The van der Waals surface area contributed by atoms with E-state index in [1.165, 1.54) is 55.5 Å². The number of likely N-dealkylation sites (tertiary alicyclic amines) is 1. The van der Waals surface area contributed by atoms with Gasteiger partial charge in [-0.3, -0.25) is 0 Å². The van der Waals surface area contributed by atoms with Gasteiger partial charge in [-0.1, -0.05) is 36.4 Å². The van der Waals surface area contributed by atoms with Crippen LogP contribution in [0.5, 0.6) is 0 Å². The van der Waals surface area contributed by atoms with Crippen LogP contribution in [-0.4, -0.2) is 24.0 Å². The van der Waals surface area contributed by atoms with Crippen LogP contribution >= 0.6 is 0 Å². The Kier molecular flexibility index (Phi) is 4.59. The maximum absolute atomic E-state index is 8.90. The summed E-state index contributed by atoms with van der Waals surface area (Å²) >= 11 is 0. The van der Waals surface area contributed by atoms with Crippen LogP contribution in [0.25, 0.3) is 11.1 Å². The summed E-state index contributed by atoms with van der Waals surface area (Å²) < 4.78 is 0. The predicted octanol–water partition coefficient (Wildman–Crippen LogP) is 5.20. The summed E-state index contributed by atoms with van der Waals surface area (Å²) in [4.78, 5) is 2.69. The molecule has 0 spiro atoms. The number of hydrogen-bond donors (Lipinski definition) is 0. The summed E-state index contributed by atoms with van der Waals surface area (Å²) in [5.74, 6) is 1.64. The van der Waals surface area contributed by atoms with Crippen LogP contribution in [0.1, 0.15) is 49.7 Å². The number of nitrogens with zero attached hydrogens (tertiary/aromatic N) is 2. The van der Waals surface area contributed by atoms with Gasteiger partial charge in [0.05, 0.1) is 11.6 Å². The Hall–Kier alpha value is -2.11. The molecule has 0 bridgehead atoms. The minimum atomic E-state index is 0.716. The molecule has 128 valence electrons. The molecule has 1 heterocycles. The molecule has 2 nitrogen and oxygen atoms in total. The van der Waals surface area contributed by atoms with Crippen molar-refractivity contribution in [1.82, 2.24) is 4.90 Å². The maximum atomic E-state index is 8.90. The highest BCUT2D eigenvalue weighted by Crippen LogP contribution is 2.43. The molecule has 1 saturated carbocycles. The van der Waals surface area contributed by atoms with Gasteiger partial charge in [-0.05, 0) is 79.8 Å². The highest BCUT2D eigenvalue weighted by molar-refractivity contribution is 5.64. The second kappa shape index (κ2) is 7.02. The van der Waals surface area contributed by atoms with Crippen molar-refractivity contribution in [1.29, 1.82) is 5.26 Å². The van der Waals surface area contributed by atoms with E-state index in [0.29, 0.717) is 5.56 Å². The zero-order valence-corrected chi connectivity index (χ0v) is 15.0. The van der Waals surface area contributed by atoms with E-state index in [-0.39, 0.29) is 0 Å². The lowest BCUT2D eigenvalue weighted by atomic mass is 9.71. The third-order valence-corrected chi connectivity index (χ3v) is 6.15. The molecule has 1 saturated heterocycles. The van der Waals surface area contributed by atoms with E-state index in [4.69, 9.17) is 5.26 Å². The molecule has 1 atom stereocenters. The Morgan fingerprint density at radius 2 is 1.64 bits per heavy atom. The topological polar surface area (TPSA) is 27.0 Å². The fourth-order valence-electron chi connectivity index (χ4n) is 4.44.